The Hall–Kier alpha value is -0.480. The van der Waals surface area contributed by atoms with Crippen LogP contribution in [0.5, 0.6) is 0 Å². The van der Waals surface area contributed by atoms with Crippen molar-refractivity contribution in [2.75, 3.05) is 0 Å². The topological polar surface area (TPSA) is 30.0 Å². The van der Waals surface area contributed by atoms with E-state index < -0.39 is 0 Å². The molecular formula is C8H5Br2NO. The normalized spacial score (nSPS) is 10.5. The fraction of sp³-hybridized carbons (Fsp3) is 0. The van der Waals surface area contributed by atoms with Gasteiger partial charge in [0, 0.05) is 26.9 Å². The van der Waals surface area contributed by atoms with E-state index in [0.717, 1.165) is 20.8 Å². The van der Waals surface area contributed by atoms with Gasteiger partial charge >= 0.3 is 0 Å². The molecule has 0 atom stereocenters. The molecule has 0 saturated carbocycles. The van der Waals surface area contributed by atoms with Crippen LogP contribution >= 0.6 is 31.9 Å². The van der Waals surface area contributed by atoms with Crippen molar-refractivity contribution in [3.63, 3.8) is 0 Å². The van der Waals surface area contributed by atoms with Gasteiger partial charge in [0.1, 0.15) is 6.29 Å². The van der Waals surface area contributed by atoms with Crippen LogP contribution in [0.2, 0.25) is 0 Å². The maximum absolute atomic E-state index is 10.1. The third-order valence-electron chi connectivity index (χ3n) is 1.23. The van der Waals surface area contributed by atoms with Crippen LogP contribution in [0.1, 0.15) is 5.56 Å². The van der Waals surface area contributed by atoms with E-state index in [1.165, 1.54) is 6.08 Å². The highest BCUT2D eigenvalue weighted by Crippen LogP contribution is 2.24. The van der Waals surface area contributed by atoms with Crippen molar-refractivity contribution in [3.8, 4) is 0 Å². The fourth-order valence-corrected chi connectivity index (χ4v) is 1.91. The Bertz CT molecular complexity index is 303. The van der Waals surface area contributed by atoms with Crippen molar-refractivity contribution in [2.45, 2.75) is 0 Å². The zero-order valence-electron chi connectivity index (χ0n) is 6.00. The molecule has 0 spiro atoms. The molecule has 0 saturated heterocycles. The Kier molecular flexibility index (Phi) is 3.62. The van der Waals surface area contributed by atoms with Gasteiger partial charge in [0.25, 0.3) is 0 Å². The summed E-state index contributed by atoms with van der Waals surface area (Å²) < 4.78 is 1.71. The van der Waals surface area contributed by atoms with Gasteiger partial charge in [-0.3, -0.25) is 9.78 Å². The van der Waals surface area contributed by atoms with Crippen molar-refractivity contribution in [1.82, 2.24) is 4.98 Å². The molecule has 2 nitrogen and oxygen atoms in total. The van der Waals surface area contributed by atoms with E-state index in [4.69, 9.17) is 0 Å². The number of nitrogens with zero attached hydrogens (tertiary/aromatic N) is 1. The summed E-state index contributed by atoms with van der Waals surface area (Å²) in [6.07, 6.45) is 7.23. The van der Waals surface area contributed by atoms with Gasteiger partial charge in [-0.05, 0) is 44.0 Å². The van der Waals surface area contributed by atoms with Crippen LogP contribution in [-0.2, 0) is 4.79 Å². The Balaban J connectivity index is 3.12. The van der Waals surface area contributed by atoms with Crippen molar-refractivity contribution < 1.29 is 4.79 Å². The molecule has 0 aromatic carbocycles. The number of carbonyl (C=O) groups excluding carboxylic acids is 1. The van der Waals surface area contributed by atoms with E-state index in [-0.39, 0.29) is 0 Å². The largest absolute Gasteiger partial charge is 0.299 e. The molecule has 0 radical (unpaired) electrons. The van der Waals surface area contributed by atoms with E-state index in [1.54, 1.807) is 18.5 Å². The number of carbonyl (C=O) groups is 1. The second kappa shape index (κ2) is 4.52. The predicted octanol–water partition coefficient (Wildman–Crippen LogP) is 2.82. The Morgan fingerprint density at radius 3 is 2.33 bits per heavy atom. The van der Waals surface area contributed by atoms with Crippen LogP contribution in [0.3, 0.4) is 0 Å². The number of hydrogen-bond donors (Lipinski definition) is 0. The molecule has 0 aliphatic rings. The first-order valence-corrected chi connectivity index (χ1v) is 4.75. The second-order valence-corrected chi connectivity index (χ2v) is 3.72. The first-order valence-electron chi connectivity index (χ1n) is 3.16. The molecule has 1 rings (SSSR count). The lowest BCUT2D eigenvalue weighted by Crippen LogP contribution is -1.81. The zero-order chi connectivity index (χ0) is 8.97. The van der Waals surface area contributed by atoms with Crippen LogP contribution in [0, 0.1) is 0 Å². The van der Waals surface area contributed by atoms with E-state index in [9.17, 15) is 4.79 Å². The van der Waals surface area contributed by atoms with Gasteiger partial charge in [0.05, 0.1) is 0 Å². The Labute approximate surface area is 87.0 Å². The molecule has 0 aliphatic heterocycles. The van der Waals surface area contributed by atoms with Crippen LogP contribution < -0.4 is 0 Å². The summed E-state index contributed by atoms with van der Waals surface area (Å²) in [5.74, 6) is 0. The molecule has 1 aromatic rings. The first-order chi connectivity index (χ1) is 5.75. The summed E-state index contributed by atoms with van der Waals surface area (Å²) >= 11 is 6.64. The van der Waals surface area contributed by atoms with Gasteiger partial charge in [-0.15, -0.1) is 0 Å². The lowest BCUT2D eigenvalue weighted by Gasteiger charge is -1.98. The van der Waals surface area contributed by atoms with Gasteiger partial charge in [0.15, 0.2) is 0 Å². The standard InChI is InChI=1S/C8H5Br2NO/c9-7-4-11-5-8(10)6(7)2-1-3-12/h1-5H/b2-1+. The van der Waals surface area contributed by atoms with Gasteiger partial charge in [-0.25, -0.2) is 0 Å². The van der Waals surface area contributed by atoms with Crippen LogP contribution in [-0.4, -0.2) is 11.3 Å². The summed E-state index contributed by atoms with van der Waals surface area (Å²) in [5, 5.41) is 0. The monoisotopic (exact) mass is 289 g/mol. The van der Waals surface area contributed by atoms with Crippen LogP contribution in [0.4, 0.5) is 0 Å². The lowest BCUT2D eigenvalue weighted by molar-refractivity contribution is -0.104. The Morgan fingerprint density at radius 1 is 1.25 bits per heavy atom. The lowest BCUT2D eigenvalue weighted by atomic mass is 10.2. The summed E-state index contributed by atoms with van der Waals surface area (Å²) in [7, 11) is 0. The van der Waals surface area contributed by atoms with Gasteiger partial charge < -0.3 is 0 Å². The predicted molar refractivity (Wildman–Crippen MR) is 54.7 cm³/mol. The molecule has 4 heteroatoms. The van der Waals surface area contributed by atoms with Gasteiger partial charge in [0.2, 0.25) is 0 Å². The number of pyridine rings is 1. The molecule has 0 unspecified atom stereocenters. The number of hydrogen-bond acceptors (Lipinski definition) is 2. The quantitative estimate of drug-likeness (QED) is 0.619. The summed E-state index contributed by atoms with van der Waals surface area (Å²) in [6.45, 7) is 0. The number of allylic oxidation sites excluding steroid dienone is 1. The zero-order valence-corrected chi connectivity index (χ0v) is 9.17. The minimum atomic E-state index is 0.735. The second-order valence-electron chi connectivity index (χ2n) is 2.01. The number of aldehydes is 1. The smallest absolute Gasteiger partial charge is 0.142 e. The number of halogens is 2. The molecule has 0 amide bonds. The molecule has 0 aliphatic carbocycles. The molecule has 0 fully saturated rings. The average Bonchev–Trinajstić information content (AvgIpc) is 2.04. The molecule has 1 heterocycles. The number of aromatic nitrogens is 1. The van der Waals surface area contributed by atoms with Crippen molar-refractivity contribution >= 4 is 44.2 Å². The highest BCUT2D eigenvalue weighted by atomic mass is 79.9. The van der Waals surface area contributed by atoms with Crippen LogP contribution in [0.15, 0.2) is 27.4 Å². The summed E-state index contributed by atoms with van der Waals surface area (Å²) in [6, 6.07) is 0. The molecular weight excluding hydrogens is 286 g/mol. The Morgan fingerprint density at radius 2 is 1.83 bits per heavy atom. The van der Waals surface area contributed by atoms with Crippen molar-refractivity contribution in [2.24, 2.45) is 0 Å². The summed E-state index contributed by atoms with van der Waals surface area (Å²) in [4.78, 5) is 14.0. The SMILES string of the molecule is O=C/C=C/c1c(Br)cncc1Br. The van der Waals surface area contributed by atoms with E-state index in [0.29, 0.717) is 0 Å². The maximum atomic E-state index is 10.1. The number of rotatable bonds is 2. The molecule has 12 heavy (non-hydrogen) atoms. The molecule has 0 N–H and O–H groups in total. The molecule has 0 bridgehead atoms. The van der Waals surface area contributed by atoms with Crippen LogP contribution in [0.25, 0.3) is 6.08 Å². The highest BCUT2D eigenvalue weighted by Gasteiger charge is 1.99. The van der Waals surface area contributed by atoms with E-state index in [2.05, 4.69) is 36.8 Å². The molecule has 62 valence electrons. The van der Waals surface area contributed by atoms with Gasteiger partial charge in [-0.1, -0.05) is 0 Å². The van der Waals surface area contributed by atoms with Gasteiger partial charge in [-0.2, -0.15) is 0 Å². The minimum absolute atomic E-state index is 0.735. The average molecular weight is 291 g/mol. The minimum Gasteiger partial charge on any atom is -0.299 e. The fourth-order valence-electron chi connectivity index (χ4n) is 0.716. The first kappa shape index (κ1) is 9.61. The third kappa shape index (κ3) is 2.25. The van der Waals surface area contributed by atoms with Crippen molar-refractivity contribution in [3.05, 3.63) is 33.0 Å². The van der Waals surface area contributed by atoms with E-state index >= 15 is 0 Å². The highest BCUT2D eigenvalue weighted by molar-refractivity contribution is 9.11. The van der Waals surface area contributed by atoms with E-state index in [1.807, 2.05) is 0 Å². The molecule has 1 aromatic heterocycles. The summed E-state index contributed by atoms with van der Waals surface area (Å²) in [5.41, 5.74) is 0.914. The maximum Gasteiger partial charge on any atom is 0.142 e. The third-order valence-corrected chi connectivity index (χ3v) is 2.50. The van der Waals surface area contributed by atoms with Crippen molar-refractivity contribution in [1.29, 1.82) is 0 Å².